The molecule has 2 rings (SSSR count). The summed E-state index contributed by atoms with van der Waals surface area (Å²) in [6.45, 7) is 2.91. The Morgan fingerprint density at radius 2 is 2.50 bits per heavy atom. The summed E-state index contributed by atoms with van der Waals surface area (Å²) >= 11 is 1.50. The lowest BCUT2D eigenvalue weighted by atomic mass is 10.1. The van der Waals surface area contributed by atoms with Crippen LogP contribution in [0.1, 0.15) is 11.3 Å². The van der Waals surface area contributed by atoms with E-state index in [9.17, 15) is 4.79 Å². The summed E-state index contributed by atoms with van der Waals surface area (Å²) in [5.74, 6) is 0.0283. The number of nitrogens with zero attached hydrogens (tertiary/aromatic N) is 1. The minimum atomic E-state index is -0.00999. The quantitative estimate of drug-likeness (QED) is 0.807. The number of rotatable bonds is 2. The molecule has 1 aromatic rings. The molecule has 14 heavy (non-hydrogen) atoms. The molecular formula is C8H12ClN3OS. The number of carbonyl (C=O) groups excluding carboxylic acids is 1. The van der Waals surface area contributed by atoms with Gasteiger partial charge in [0.2, 0.25) is 5.91 Å². The zero-order chi connectivity index (χ0) is 9.26. The first-order valence-corrected chi connectivity index (χ1v) is 5.04. The molecule has 2 heterocycles. The fraction of sp³-hybridized carbons (Fsp3) is 0.500. The molecule has 6 heteroatoms. The third-order valence-electron chi connectivity index (χ3n) is 1.99. The Morgan fingerprint density at radius 3 is 2.93 bits per heavy atom. The zero-order valence-electron chi connectivity index (χ0n) is 7.74. The topological polar surface area (TPSA) is 54.0 Å². The van der Waals surface area contributed by atoms with Crippen molar-refractivity contribution in [1.82, 2.24) is 10.3 Å². The summed E-state index contributed by atoms with van der Waals surface area (Å²) in [5.41, 5.74) is 0. The van der Waals surface area contributed by atoms with E-state index in [1.54, 1.807) is 6.20 Å². The molecule has 0 radical (unpaired) electrons. The molecule has 4 nitrogen and oxygen atoms in total. The second-order valence-electron chi connectivity index (χ2n) is 3.06. The highest BCUT2D eigenvalue weighted by Gasteiger charge is 2.24. The van der Waals surface area contributed by atoms with Crippen LogP contribution in [-0.4, -0.2) is 23.5 Å². The van der Waals surface area contributed by atoms with Gasteiger partial charge in [-0.2, -0.15) is 0 Å². The van der Waals surface area contributed by atoms with Crippen molar-refractivity contribution < 1.29 is 4.79 Å². The normalized spacial score (nSPS) is 19.4. The van der Waals surface area contributed by atoms with Crippen LogP contribution in [0, 0.1) is 6.92 Å². The van der Waals surface area contributed by atoms with E-state index in [0.29, 0.717) is 5.13 Å². The Labute approximate surface area is 92.5 Å². The van der Waals surface area contributed by atoms with Gasteiger partial charge in [0, 0.05) is 11.1 Å². The zero-order valence-corrected chi connectivity index (χ0v) is 9.37. The molecule has 1 aliphatic heterocycles. The van der Waals surface area contributed by atoms with Gasteiger partial charge in [-0.15, -0.1) is 23.7 Å². The predicted molar refractivity (Wildman–Crippen MR) is 59.1 cm³/mol. The first-order chi connectivity index (χ1) is 6.25. The maximum Gasteiger partial charge on any atom is 0.243 e. The molecule has 0 bridgehead atoms. The molecule has 78 valence electrons. The largest absolute Gasteiger partial charge is 0.306 e. The average molecular weight is 234 g/mol. The number of halogens is 1. The van der Waals surface area contributed by atoms with Gasteiger partial charge < -0.3 is 10.6 Å². The second-order valence-corrected chi connectivity index (χ2v) is 4.30. The van der Waals surface area contributed by atoms with Crippen molar-refractivity contribution in [2.24, 2.45) is 0 Å². The molecule has 1 saturated heterocycles. The van der Waals surface area contributed by atoms with Crippen LogP contribution < -0.4 is 10.6 Å². The molecule has 2 N–H and O–H groups in total. The second kappa shape index (κ2) is 4.72. The number of aromatic nitrogens is 1. The van der Waals surface area contributed by atoms with Crippen LogP contribution >= 0.6 is 23.7 Å². The first kappa shape index (κ1) is 11.4. The predicted octanol–water partition coefficient (Wildman–Crippen LogP) is 1.17. The van der Waals surface area contributed by atoms with Gasteiger partial charge >= 0.3 is 0 Å². The van der Waals surface area contributed by atoms with Crippen LogP contribution in [0.3, 0.4) is 0 Å². The van der Waals surface area contributed by atoms with Crippen LogP contribution in [0.5, 0.6) is 0 Å². The van der Waals surface area contributed by atoms with Crippen molar-refractivity contribution in [3.05, 3.63) is 11.1 Å². The maximum absolute atomic E-state index is 11.4. The molecular weight excluding hydrogens is 222 g/mol. The van der Waals surface area contributed by atoms with E-state index in [1.807, 2.05) is 6.92 Å². The average Bonchev–Trinajstić information content (AvgIpc) is 2.31. The van der Waals surface area contributed by atoms with E-state index in [0.717, 1.165) is 17.8 Å². The maximum atomic E-state index is 11.4. The van der Waals surface area contributed by atoms with Gasteiger partial charge in [-0.3, -0.25) is 4.79 Å². The van der Waals surface area contributed by atoms with Crippen LogP contribution in [0.25, 0.3) is 0 Å². The minimum absolute atomic E-state index is 0. The number of hydrogen-bond acceptors (Lipinski definition) is 4. The Balaban J connectivity index is 0.000000980. The number of thiazole rings is 1. The molecule has 0 aliphatic carbocycles. The molecule has 1 aliphatic rings. The summed E-state index contributed by atoms with van der Waals surface area (Å²) in [5, 5.41) is 6.50. The van der Waals surface area contributed by atoms with Crippen LogP contribution in [-0.2, 0) is 4.79 Å². The summed E-state index contributed by atoms with van der Waals surface area (Å²) in [7, 11) is 0. The number of nitrogens with one attached hydrogen (secondary N) is 2. The van der Waals surface area contributed by atoms with E-state index in [-0.39, 0.29) is 24.4 Å². The van der Waals surface area contributed by atoms with Crippen molar-refractivity contribution in [2.45, 2.75) is 19.4 Å². The fourth-order valence-electron chi connectivity index (χ4n) is 1.12. The molecule has 1 amide bonds. The van der Waals surface area contributed by atoms with Crippen molar-refractivity contribution in [3.63, 3.8) is 0 Å². The summed E-state index contributed by atoms with van der Waals surface area (Å²) in [4.78, 5) is 16.6. The van der Waals surface area contributed by atoms with E-state index in [2.05, 4.69) is 15.6 Å². The van der Waals surface area contributed by atoms with Crippen LogP contribution in [0.2, 0.25) is 0 Å². The van der Waals surface area contributed by atoms with Gasteiger partial charge in [0.15, 0.2) is 5.13 Å². The van der Waals surface area contributed by atoms with Gasteiger partial charge in [0.05, 0.1) is 6.04 Å². The fourth-order valence-corrected chi connectivity index (χ4v) is 1.78. The van der Waals surface area contributed by atoms with Crippen molar-refractivity contribution in [2.75, 3.05) is 11.9 Å². The number of anilines is 1. The standard InChI is InChI=1S/C8H11N3OS.ClH/c1-5-4-10-8(13-5)11-7(12)6-2-3-9-6;/h4,6,9H,2-3H2,1H3,(H,10,11,12);1H/t6-;/m1./s1. The van der Waals surface area contributed by atoms with Crippen molar-refractivity contribution in [3.8, 4) is 0 Å². The summed E-state index contributed by atoms with van der Waals surface area (Å²) < 4.78 is 0. The molecule has 1 aromatic heterocycles. The summed E-state index contributed by atoms with van der Waals surface area (Å²) in [6.07, 6.45) is 2.69. The molecule has 1 fully saturated rings. The minimum Gasteiger partial charge on any atom is -0.306 e. The molecule has 0 aromatic carbocycles. The third kappa shape index (κ3) is 2.43. The highest BCUT2D eigenvalue weighted by atomic mass is 35.5. The van der Waals surface area contributed by atoms with Gasteiger partial charge in [-0.05, 0) is 19.9 Å². The summed E-state index contributed by atoms with van der Waals surface area (Å²) in [6, 6.07) is -0.00999. The van der Waals surface area contributed by atoms with E-state index < -0.39 is 0 Å². The lowest BCUT2D eigenvalue weighted by Crippen LogP contribution is -2.50. The lowest BCUT2D eigenvalue weighted by Gasteiger charge is -2.25. The van der Waals surface area contributed by atoms with Gasteiger partial charge in [0.25, 0.3) is 0 Å². The van der Waals surface area contributed by atoms with Crippen molar-refractivity contribution >= 4 is 34.8 Å². The smallest absolute Gasteiger partial charge is 0.243 e. The van der Waals surface area contributed by atoms with E-state index in [4.69, 9.17) is 0 Å². The van der Waals surface area contributed by atoms with Crippen molar-refractivity contribution in [1.29, 1.82) is 0 Å². The SMILES string of the molecule is Cc1cnc(NC(=O)[C@H]2CCN2)s1.Cl. The highest BCUT2D eigenvalue weighted by molar-refractivity contribution is 7.15. The molecule has 0 unspecified atom stereocenters. The van der Waals surface area contributed by atoms with Crippen LogP contribution in [0.4, 0.5) is 5.13 Å². The van der Waals surface area contributed by atoms with Crippen LogP contribution in [0.15, 0.2) is 6.20 Å². The van der Waals surface area contributed by atoms with E-state index in [1.165, 1.54) is 11.3 Å². The molecule has 1 atom stereocenters. The Bertz CT molecular complexity index is 324. The first-order valence-electron chi connectivity index (χ1n) is 4.22. The van der Waals surface area contributed by atoms with Gasteiger partial charge in [-0.25, -0.2) is 4.98 Å². The molecule has 0 spiro atoms. The number of amides is 1. The Morgan fingerprint density at radius 1 is 1.79 bits per heavy atom. The third-order valence-corrected chi connectivity index (χ3v) is 2.82. The number of hydrogen-bond donors (Lipinski definition) is 2. The molecule has 0 saturated carbocycles. The lowest BCUT2D eigenvalue weighted by molar-refractivity contribution is -0.119. The van der Waals surface area contributed by atoms with E-state index >= 15 is 0 Å². The monoisotopic (exact) mass is 233 g/mol. The van der Waals surface area contributed by atoms with Gasteiger partial charge in [-0.1, -0.05) is 0 Å². The Hall–Kier alpha value is -0.650. The van der Waals surface area contributed by atoms with Gasteiger partial charge in [0.1, 0.15) is 0 Å². The number of carbonyl (C=O) groups is 1. The Kier molecular flexibility index (Phi) is 3.86. The highest BCUT2D eigenvalue weighted by Crippen LogP contribution is 2.17. The number of aryl methyl sites for hydroxylation is 1.